The van der Waals surface area contributed by atoms with Gasteiger partial charge < -0.3 is 20.3 Å². The Hall–Kier alpha value is -2.88. The molecule has 0 atom stereocenters. The van der Waals surface area contributed by atoms with Gasteiger partial charge in [0.25, 0.3) is 0 Å². The van der Waals surface area contributed by atoms with E-state index in [-0.39, 0.29) is 12.3 Å². The van der Waals surface area contributed by atoms with Crippen molar-refractivity contribution in [3.8, 4) is 0 Å². The van der Waals surface area contributed by atoms with Crippen LogP contribution in [0.5, 0.6) is 0 Å². The van der Waals surface area contributed by atoms with Crippen molar-refractivity contribution in [2.75, 3.05) is 49.6 Å². The zero-order valence-corrected chi connectivity index (χ0v) is 16.6. The van der Waals surface area contributed by atoms with Crippen LogP contribution in [0.1, 0.15) is 16.8 Å². The van der Waals surface area contributed by atoms with Crippen LogP contribution < -0.4 is 15.5 Å². The number of aryl methyl sites for hydroxylation is 1. The molecule has 1 saturated heterocycles. The topological polar surface area (TPSA) is 79.4 Å². The molecule has 0 radical (unpaired) electrons. The third kappa shape index (κ3) is 6.31. The van der Waals surface area contributed by atoms with Crippen LogP contribution in [0.25, 0.3) is 0 Å². The lowest BCUT2D eigenvalue weighted by Gasteiger charge is -2.28. The van der Waals surface area contributed by atoms with Crippen LogP contribution in [0.4, 0.5) is 24.9 Å². The number of hydrogen-bond acceptors (Lipinski definition) is 6. The number of hydrogen-bond donors (Lipinski definition) is 2. The average molecular weight is 423 g/mol. The van der Waals surface area contributed by atoms with E-state index in [0.29, 0.717) is 37.8 Å². The SMILES string of the molecule is Cc1cc(N2CCOCC2)nc(NCCNC(=O)Cc2ccc(C(F)(F)F)cc2)n1. The van der Waals surface area contributed by atoms with Crippen molar-refractivity contribution in [1.82, 2.24) is 15.3 Å². The van der Waals surface area contributed by atoms with Crippen LogP contribution in [0.3, 0.4) is 0 Å². The zero-order chi connectivity index (χ0) is 21.6. The number of benzene rings is 1. The van der Waals surface area contributed by atoms with Crippen molar-refractivity contribution in [2.45, 2.75) is 19.5 Å². The zero-order valence-electron chi connectivity index (χ0n) is 16.6. The molecule has 1 aromatic heterocycles. The van der Waals surface area contributed by atoms with Gasteiger partial charge in [0.2, 0.25) is 11.9 Å². The molecule has 0 saturated carbocycles. The Balaban J connectivity index is 1.44. The fourth-order valence-corrected chi connectivity index (χ4v) is 3.02. The van der Waals surface area contributed by atoms with Crippen LogP contribution in [-0.4, -0.2) is 55.3 Å². The van der Waals surface area contributed by atoms with Gasteiger partial charge in [-0.1, -0.05) is 12.1 Å². The molecule has 3 rings (SSSR count). The maximum absolute atomic E-state index is 12.6. The fourth-order valence-electron chi connectivity index (χ4n) is 3.02. The van der Waals surface area contributed by atoms with Crippen molar-refractivity contribution in [3.05, 3.63) is 47.2 Å². The number of carbonyl (C=O) groups is 1. The van der Waals surface area contributed by atoms with Gasteiger partial charge in [0.05, 0.1) is 25.2 Å². The number of aromatic nitrogens is 2. The summed E-state index contributed by atoms with van der Waals surface area (Å²) in [5, 5.41) is 5.82. The van der Waals surface area contributed by atoms with Gasteiger partial charge >= 0.3 is 6.18 Å². The smallest absolute Gasteiger partial charge is 0.378 e. The lowest BCUT2D eigenvalue weighted by Crippen LogP contribution is -2.37. The lowest BCUT2D eigenvalue weighted by atomic mass is 10.1. The molecule has 1 fully saturated rings. The van der Waals surface area contributed by atoms with Gasteiger partial charge in [-0.05, 0) is 24.6 Å². The van der Waals surface area contributed by atoms with Crippen LogP contribution in [-0.2, 0) is 22.1 Å². The first kappa shape index (κ1) is 21.8. The Morgan fingerprint density at radius 1 is 1.13 bits per heavy atom. The number of nitrogens with one attached hydrogen (secondary N) is 2. The summed E-state index contributed by atoms with van der Waals surface area (Å²) in [5.41, 5.74) is 0.622. The maximum atomic E-state index is 12.6. The first-order chi connectivity index (χ1) is 14.3. The summed E-state index contributed by atoms with van der Waals surface area (Å²) in [6.07, 6.45) is -4.37. The van der Waals surface area contributed by atoms with E-state index in [1.807, 2.05) is 13.0 Å². The molecule has 30 heavy (non-hydrogen) atoms. The number of ether oxygens (including phenoxy) is 1. The summed E-state index contributed by atoms with van der Waals surface area (Å²) < 4.78 is 43.1. The quantitative estimate of drug-likeness (QED) is 0.666. The van der Waals surface area contributed by atoms with E-state index in [4.69, 9.17) is 4.74 Å². The highest BCUT2D eigenvalue weighted by Crippen LogP contribution is 2.29. The van der Waals surface area contributed by atoms with Crippen molar-refractivity contribution >= 4 is 17.7 Å². The van der Waals surface area contributed by atoms with Crippen molar-refractivity contribution in [2.24, 2.45) is 0 Å². The maximum Gasteiger partial charge on any atom is 0.416 e. The van der Waals surface area contributed by atoms with Crippen LogP contribution >= 0.6 is 0 Å². The van der Waals surface area contributed by atoms with Gasteiger partial charge in [-0.25, -0.2) is 4.98 Å². The predicted molar refractivity (Wildman–Crippen MR) is 106 cm³/mol. The molecule has 1 amide bonds. The minimum absolute atomic E-state index is 0.0141. The average Bonchev–Trinajstić information content (AvgIpc) is 2.71. The second-order valence-corrected chi connectivity index (χ2v) is 6.94. The molecule has 2 heterocycles. The fraction of sp³-hybridized carbons (Fsp3) is 0.450. The molecule has 2 aromatic rings. The van der Waals surface area contributed by atoms with Crippen LogP contribution in [0.15, 0.2) is 30.3 Å². The Morgan fingerprint density at radius 2 is 1.83 bits per heavy atom. The summed E-state index contributed by atoms with van der Waals surface area (Å²) in [4.78, 5) is 23.0. The van der Waals surface area contributed by atoms with Crippen molar-refractivity contribution < 1.29 is 22.7 Å². The summed E-state index contributed by atoms with van der Waals surface area (Å²) >= 11 is 0. The predicted octanol–water partition coefficient (Wildman–Crippen LogP) is 2.41. The lowest BCUT2D eigenvalue weighted by molar-refractivity contribution is -0.137. The molecule has 2 N–H and O–H groups in total. The van der Waals surface area contributed by atoms with Gasteiger partial charge in [0, 0.05) is 37.9 Å². The molecule has 1 aliphatic rings. The normalized spacial score (nSPS) is 14.5. The number of anilines is 2. The Kier molecular flexibility index (Phi) is 7.09. The van der Waals surface area contributed by atoms with Crippen LogP contribution in [0.2, 0.25) is 0 Å². The second kappa shape index (κ2) is 9.75. The number of nitrogens with zero attached hydrogens (tertiary/aromatic N) is 3. The minimum Gasteiger partial charge on any atom is -0.378 e. The van der Waals surface area contributed by atoms with E-state index in [1.165, 1.54) is 12.1 Å². The van der Waals surface area contributed by atoms with Gasteiger partial charge in [0.1, 0.15) is 5.82 Å². The number of halogens is 3. The molecule has 1 aliphatic heterocycles. The van der Waals surface area contributed by atoms with Gasteiger partial charge in [-0.15, -0.1) is 0 Å². The number of alkyl halides is 3. The van der Waals surface area contributed by atoms with Crippen molar-refractivity contribution in [1.29, 1.82) is 0 Å². The first-order valence-electron chi connectivity index (χ1n) is 9.66. The van der Waals surface area contributed by atoms with E-state index < -0.39 is 11.7 Å². The molecule has 0 aliphatic carbocycles. The Labute approximate surface area is 172 Å². The largest absolute Gasteiger partial charge is 0.416 e. The molecule has 0 bridgehead atoms. The number of amides is 1. The highest BCUT2D eigenvalue weighted by molar-refractivity contribution is 5.78. The Bertz CT molecular complexity index is 853. The summed E-state index contributed by atoms with van der Waals surface area (Å²) in [7, 11) is 0. The van der Waals surface area contributed by atoms with E-state index in [9.17, 15) is 18.0 Å². The molecule has 0 unspecified atom stereocenters. The third-order valence-electron chi connectivity index (χ3n) is 4.55. The van der Waals surface area contributed by atoms with Gasteiger partial charge in [-0.2, -0.15) is 18.2 Å². The summed E-state index contributed by atoms with van der Waals surface area (Å²) in [6, 6.07) is 6.50. The number of rotatable bonds is 7. The monoisotopic (exact) mass is 423 g/mol. The van der Waals surface area contributed by atoms with Crippen molar-refractivity contribution in [3.63, 3.8) is 0 Å². The molecule has 162 valence electrons. The summed E-state index contributed by atoms with van der Waals surface area (Å²) in [5.74, 6) is 1.05. The third-order valence-corrected chi connectivity index (χ3v) is 4.55. The standard InChI is InChI=1S/C20H24F3N5O2/c1-14-12-17(28-8-10-30-11-9-28)27-19(26-14)25-7-6-24-18(29)13-15-2-4-16(5-3-15)20(21,22)23/h2-5,12H,6-11,13H2,1H3,(H,24,29)(H,25,26,27). The van der Waals surface area contributed by atoms with E-state index in [1.54, 1.807) is 0 Å². The van der Waals surface area contributed by atoms with E-state index >= 15 is 0 Å². The van der Waals surface area contributed by atoms with Gasteiger partial charge in [-0.3, -0.25) is 4.79 Å². The molecule has 7 nitrogen and oxygen atoms in total. The number of morpholine rings is 1. The first-order valence-corrected chi connectivity index (χ1v) is 9.66. The Morgan fingerprint density at radius 3 is 2.50 bits per heavy atom. The molecule has 10 heteroatoms. The second-order valence-electron chi connectivity index (χ2n) is 6.94. The molecular formula is C20H24F3N5O2. The van der Waals surface area contributed by atoms with E-state index in [2.05, 4.69) is 25.5 Å². The molecule has 0 spiro atoms. The summed E-state index contributed by atoms with van der Waals surface area (Å²) in [6.45, 7) is 5.52. The highest BCUT2D eigenvalue weighted by atomic mass is 19.4. The van der Waals surface area contributed by atoms with Crippen LogP contribution in [0, 0.1) is 6.92 Å². The minimum atomic E-state index is -4.38. The highest BCUT2D eigenvalue weighted by Gasteiger charge is 2.29. The number of carbonyl (C=O) groups excluding carboxylic acids is 1. The van der Waals surface area contributed by atoms with E-state index in [0.717, 1.165) is 36.7 Å². The van der Waals surface area contributed by atoms with Gasteiger partial charge in [0.15, 0.2) is 0 Å². The molecular weight excluding hydrogens is 399 g/mol. The molecule has 1 aromatic carbocycles.